The maximum absolute atomic E-state index is 2.42. The molecule has 0 aliphatic heterocycles. The van der Waals surface area contributed by atoms with Crippen molar-refractivity contribution in [2.24, 2.45) is 0 Å². The molecule has 62 valence electrons. The summed E-state index contributed by atoms with van der Waals surface area (Å²) in [7, 11) is 3.15. The molecule has 0 spiro atoms. The summed E-state index contributed by atoms with van der Waals surface area (Å²) in [6.07, 6.45) is 3.78. The minimum atomic E-state index is -0.866. The van der Waals surface area contributed by atoms with Gasteiger partial charge in [0.25, 0.3) is 0 Å². The predicted molar refractivity (Wildman–Crippen MR) is 51.0 cm³/mol. The zero-order valence-corrected chi connectivity index (χ0v) is 16.0. The fourth-order valence-electron chi connectivity index (χ4n) is 1.38. The molecule has 1 aliphatic rings. The summed E-state index contributed by atoms with van der Waals surface area (Å²) in [5.41, 5.74) is 3.26. The molecule has 0 bridgehead atoms. The maximum Gasteiger partial charge on any atom is -1.00 e. The van der Waals surface area contributed by atoms with Gasteiger partial charge < -0.3 is 12.4 Å². The van der Waals surface area contributed by atoms with Crippen LogP contribution in [0.2, 0.25) is 0 Å². The summed E-state index contributed by atoms with van der Waals surface area (Å²) in [5, 5.41) is 0. The standard InChI is InChI=1S/C7H9.ClH.Hf.2H3Si/c1-6-4-3-5-7(6)2;;;;/h4H,3H2,1-2H3;1H;;2*1H3/q;;+1;;/p-1. The molecular formula is C7H15ClHfSi2. The van der Waals surface area contributed by atoms with E-state index in [1.54, 1.807) is 26.0 Å². The monoisotopic (exact) mass is 370 g/mol. The number of allylic oxidation sites excluding steroid dienone is 4. The van der Waals surface area contributed by atoms with Crippen LogP contribution in [0.5, 0.6) is 0 Å². The Hall–Kier alpha value is 1.07. The number of rotatable bonds is 1. The summed E-state index contributed by atoms with van der Waals surface area (Å²) >= 11 is -0.866. The molecule has 0 unspecified atom stereocenters. The summed E-state index contributed by atoms with van der Waals surface area (Å²) in [4.78, 5) is 0. The van der Waals surface area contributed by atoms with E-state index in [2.05, 4.69) is 19.9 Å². The van der Waals surface area contributed by atoms with E-state index in [0.717, 1.165) is 0 Å². The van der Waals surface area contributed by atoms with E-state index in [4.69, 9.17) is 0 Å². The first-order valence-corrected chi connectivity index (χ1v) is 29.2. The maximum atomic E-state index is 2.42. The van der Waals surface area contributed by atoms with Gasteiger partial charge in [-0.05, 0) is 0 Å². The molecule has 4 heteroatoms. The van der Waals surface area contributed by atoms with Crippen molar-refractivity contribution in [2.45, 2.75) is 20.3 Å². The minimum absolute atomic E-state index is 0. The molecule has 0 amide bonds. The Morgan fingerprint density at radius 1 is 1.36 bits per heavy atom. The van der Waals surface area contributed by atoms with Crippen LogP contribution in [0.15, 0.2) is 20.6 Å². The molecular weight excluding hydrogens is 354 g/mol. The Labute approximate surface area is 87.3 Å². The smallest absolute Gasteiger partial charge is 1.00 e. The second-order valence-electron chi connectivity index (χ2n) is 3.19. The predicted octanol–water partition coefficient (Wildman–Crippen LogP) is -3.21. The van der Waals surface area contributed by atoms with Crippen LogP contribution in [-0.4, -0.2) is 14.9 Å². The fourth-order valence-corrected chi connectivity index (χ4v) is 16.1. The zero-order chi connectivity index (χ0) is 7.72. The van der Waals surface area contributed by atoms with Crippen molar-refractivity contribution in [1.29, 1.82) is 0 Å². The molecule has 0 aromatic carbocycles. The molecule has 1 aliphatic carbocycles. The molecule has 0 nitrogen and oxygen atoms in total. The van der Waals surface area contributed by atoms with E-state index in [-0.39, 0.29) is 12.4 Å². The van der Waals surface area contributed by atoms with E-state index in [9.17, 15) is 0 Å². The van der Waals surface area contributed by atoms with Crippen LogP contribution in [-0.2, 0) is 19.8 Å². The molecule has 0 atom stereocenters. The second-order valence-corrected chi connectivity index (χ2v) is 53.5. The van der Waals surface area contributed by atoms with Gasteiger partial charge in [-0.2, -0.15) is 0 Å². The first kappa shape index (κ1) is 12.1. The molecule has 0 saturated carbocycles. The van der Waals surface area contributed by atoms with E-state index in [1.807, 2.05) is 3.33 Å². The van der Waals surface area contributed by atoms with E-state index >= 15 is 0 Å². The van der Waals surface area contributed by atoms with Gasteiger partial charge >= 0.3 is 75.5 Å². The Morgan fingerprint density at radius 3 is 2.09 bits per heavy atom. The number of hydrogen-bond donors (Lipinski definition) is 0. The van der Waals surface area contributed by atoms with Crippen LogP contribution in [0.1, 0.15) is 20.3 Å². The van der Waals surface area contributed by atoms with Crippen molar-refractivity contribution >= 4 is 14.9 Å². The summed E-state index contributed by atoms with van der Waals surface area (Å²) in [6, 6.07) is 0. The van der Waals surface area contributed by atoms with Crippen LogP contribution in [0.25, 0.3) is 0 Å². The first-order valence-electron chi connectivity index (χ1n) is 3.80. The molecule has 0 aromatic rings. The topological polar surface area (TPSA) is 0 Å². The molecule has 0 fully saturated rings. The SMILES string of the molecule is CC1=CC[C]([Hf+]([SiH3])[SiH3])=C1C.[Cl-]. The van der Waals surface area contributed by atoms with Crippen molar-refractivity contribution in [2.75, 3.05) is 0 Å². The van der Waals surface area contributed by atoms with E-state index in [0.29, 0.717) is 0 Å². The quantitative estimate of drug-likeness (QED) is 0.427. The van der Waals surface area contributed by atoms with Gasteiger partial charge in [0.1, 0.15) is 0 Å². The Balaban J connectivity index is 0.000001000. The van der Waals surface area contributed by atoms with Gasteiger partial charge in [-0.3, -0.25) is 0 Å². The Morgan fingerprint density at radius 2 is 1.91 bits per heavy atom. The molecule has 0 radical (unpaired) electrons. The van der Waals surface area contributed by atoms with Crippen LogP contribution in [0, 0.1) is 0 Å². The normalized spacial score (nSPS) is 16.7. The number of halogens is 1. The molecule has 11 heavy (non-hydrogen) atoms. The third kappa shape index (κ3) is 2.79. The van der Waals surface area contributed by atoms with Crippen molar-refractivity contribution in [3.63, 3.8) is 0 Å². The largest absolute Gasteiger partial charge is 1.00 e. The van der Waals surface area contributed by atoms with Gasteiger partial charge in [-0.1, -0.05) is 0 Å². The Kier molecular flexibility index (Phi) is 5.43. The fraction of sp³-hybridized carbons (Fsp3) is 0.429. The van der Waals surface area contributed by atoms with Gasteiger partial charge in [0.05, 0.1) is 0 Å². The van der Waals surface area contributed by atoms with Gasteiger partial charge in [0.15, 0.2) is 0 Å². The molecule has 0 heterocycles. The van der Waals surface area contributed by atoms with E-state index < -0.39 is 19.8 Å². The van der Waals surface area contributed by atoms with Gasteiger partial charge in [-0.25, -0.2) is 0 Å². The van der Waals surface area contributed by atoms with Crippen LogP contribution in [0.4, 0.5) is 0 Å². The van der Waals surface area contributed by atoms with Crippen molar-refractivity contribution in [3.05, 3.63) is 20.6 Å². The van der Waals surface area contributed by atoms with Crippen LogP contribution < -0.4 is 12.4 Å². The summed E-state index contributed by atoms with van der Waals surface area (Å²) in [5.74, 6) is 0. The molecule has 1 rings (SSSR count). The third-order valence-electron chi connectivity index (χ3n) is 2.26. The number of hydrogen-bond acceptors (Lipinski definition) is 0. The average molecular weight is 369 g/mol. The first-order chi connectivity index (χ1) is 4.63. The van der Waals surface area contributed by atoms with Crippen LogP contribution >= 0.6 is 0 Å². The molecule has 0 saturated heterocycles. The Bertz CT molecular complexity index is 208. The van der Waals surface area contributed by atoms with Crippen LogP contribution in [0.3, 0.4) is 0 Å². The van der Waals surface area contributed by atoms with Gasteiger partial charge in [-0.15, -0.1) is 0 Å². The molecule has 0 N–H and O–H groups in total. The zero-order valence-electron chi connectivity index (χ0n) is 7.66. The second kappa shape index (κ2) is 4.95. The van der Waals surface area contributed by atoms with Crippen molar-refractivity contribution < 1.29 is 32.2 Å². The van der Waals surface area contributed by atoms with Gasteiger partial charge in [0.2, 0.25) is 0 Å². The van der Waals surface area contributed by atoms with Crippen molar-refractivity contribution in [3.8, 4) is 0 Å². The average Bonchev–Trinajstić information content (AvgIpc) is 2.14. The van der Waals surface area contributed by atoms with Gasteiger partial charge in [0, 0.05) is 0 Å². The minimum Gasteiger partial charge on any atom is -1.00 e. The van der Waals surface area contributed by atoms with Crippen molar-refractivity contribution in [1.82, 2.24) is 0 Å². The molecule has 0 aromatic heterocycles. The summed E-state index contributed by atoms with van der Waals surface area (Å²) < 4.78 is 1.96. The third-order valence-corrected chi connectivity index (χ3v) is 18.6. The van der Waals surface area contributed by atoms with E-state index in [1.165, 1.54) is 6.42 Å². The summed E-state index contributed by atoms with van der Waals surface area (Å²) in [6.45, 7) is 4.59.